The lowest BCUT2D eigenvalue weighted by atomic mass is 10.4. The summed E-state index contributed by atoms with van der Waals surface area (Å²) in [6.45, 7) is 0. The van der Waals surface area contributed by atoms with Crippen molar-refractivity contribution >= 4 is 25.5 Å². The quantitative estimate of drug-likeness (QED) is 0.384. The lowest BCUT2D eigenvalue weighted by molar-refractivity contribution is 0.572. The van der Waals surface area contributed by atoms with Crippen molar-refractivity contribution in [1.29, 1.82) is 0 Å². The van der Waals surface area contributed by atoms with Crippen LogP contribution in [-0.4, -0.2) is 16.7 Å². The van der Waals surface area contributed by atoms with Gasteiger partial charge in [-0.1, -0.05) is 10.8 Å². The highest BCUT2D eigenvalue weighted by Crippen LogP contribution is 2.34. The first-order valence-electron chi connectivity index (χ1n) is 2.65. The second-order valence-electron chi connectivity index (χ2n) is 1.66. The Morgan fingerprint density at radius 3 is 2.75 bits per heavy atom. The zero-order valence-corrected chi connectivity index (χ0v) is 6.19. The summed E-state index contributed by atoms with van der Waals surface area (Å²) in [5.41, 5.74) is 0. The Morgan fingerprint density at radius 1 is 1.50 bits per heavy atom. The summed E-state index contributed by atoms with van der Waals surface area (Å²) in [5.74, 6) is 2.24. The minimum atomic E-state index is -0.0405. The monoisotopic (exact) mass is 148 g/mol. The van der Waals surface area contributed by atoms with Crippen LogP contribution < -0.4 is 0 Å². The first-order chi connectivity index (χ1) is 3.93. The molecule has 1 aliphatic rings. The van der Waals surface area contributed by atoms with Crippen molar-refractivity contribution in [2.75, 3.05) is 11.5 Å². The van der Waals surface area contributed by atoms with Crippen molar-refractivity contribution in [2.45, 2.75) is 12.8 Å². The van der Waals surface area contributed by atoms with Gasteiger partial charge in [-0.2, -0.15) is 0 Å². The molecule has 0 aromatic heterocycles. The van der Waals surface area contributed by atoms with Gasteiger partial charge in [0.1, 0.15) is 0 Å². The standard InChI is InChI=1S/C5H8OS2/c6-5-8-4-2-1-3-7-8/h1-4H2. The van der Waals surface area contributed by atoms with Gasteiger partial charge in [-0.15, -0.1) is 0 Å². The summed E-state index contributed by atoms with van der Waals surface area (Å²) in [4.78, 5) is 10.0. The molecule has 0 bridgehead atoms. The molecule has 0 aliphatic carbocycles. The van der Waals surface area contributed by atoms with Crippen LogP contribution in [0.1, 0.15) is 12.8 Å². The van der Waals surface area contributed by atoms with Gasteiger partial charge >= 0.3 is 0 Å². The zero-order chi connectivity index (χ0) is 5.82. The zero-order valence-electron chi connectivity index (χ0n) is 4.55. The Hall–Kier alpha value is 0.280. The molecule has 1 nitrogen and oxygen atoms in total. The maximum atomic E-state index is 10.0. The Morgan fingerprint density at radius 2 is 2.38 bits per heavy atom. The largest absolute Gasteiger partial charge is 0.226 e. The molecule has 0 saturated carbocycles. The lowest BCUT2D eigenvalue weighted by Gasteiger charge is -2.08. The number of carbonyl (C=O) groups excluding carboxylic acids is 1. The molecule has 3 heteroatoms. The average molecular weight is 148 g/mol. The minimum Gasteiger partial charge on any atom is -0.226 e. The third kappa shape index (κ3) is 1.66. The van der Waals surface area contributed by atoms with E-state index in [4.69, 9.17) is 0 Å². The van der Waals surface area contributed by atoms with Crippen LogP contribution in [0.2, 0.25) is 0 Å². The van der Waals surface area contributed by atoms with Gasteiger partial charge < -0.3 is 0 Å². The fourth-order valence-electron chi connectivity index (χ4n) is 0.619. The Balaban J connectivity index is 2.45. The van der Waals surface area contributed by atoms with Crippen LogP contribution in [0.5, 0.6) is 0 Å². The lowest BCUT2D eigenvalue weighted by Crippen LogP contribution is -1.90. The molecule has 8 heavy (non-hydrogen) atoms. The van der Waals surface area contributed by atoms with Crippen LogP contribution in [0, 0.1) is 0 Å². The van der Waals surface area contributed by atoms with Crippen LogP contribution in [0.25, 0.3) is 0 Å². The van der Waals surface area contributed by atoms with Gasteiger partial charge in [0.15, 0.2) is 5.23 Å². The summed E-state index contributed by atoms with van der Waals surface area (Å²) in [7, 11) is 1.73. The maximum Gasteiger partial charge on any atom is 0.166 e. The van der Waals surface area contributed by atoms with E-state index in [9.17, 15) is 4.79 Å². The van der Waals surface area contributed by atoms with Gasteiger partial charge in [-0.3, -0.25) is 0 Å². The highest BCUT2D eigenvalue weighted by atomic mass is 33.1. The molecule has 46 valence electrons. The first-order valence-corrected chi connectivity index (χ1v) is 5.55. The summed E-state index contributed by atoms with van der Waals surface area (Å²) in [6, 6.07) is 0. The summed E-state index contributed by atoms with van der Waals surface area (Å²) >= 11 is 0. The van der Waals surface area contributed by atoms with Crippen LogP contribution >= 0.6 is 20.3 Å². The molecule has 0 aromatic rings. The molecule has 1 rings (SSSR count). The van der Waals surface area contributed by atoms with Gasteiger partial charge in [0, 0.05) is 11.5 Å². The summed E-state index contributed by atoms with van der Waals surface area (Å²) < 4.78 is 0. The first kappa shape index (κ1) is 6.40. The predicted molar refractivity (Wildman–Crippen MR) is 39.8 cm³/mol. The van der Waals surface area contributed by atoms with Gasteiger partial charge in [0.05, 0.1) is 0 Å². The Kier molecular flexibility index (Phi) is 2.67. The second kappa shape index (κ2) is 3.33. The number of rotatable bonds is 0. The maximum absolute atomic E-state index is 10.0. The van der Waals surface area contributed by atoms with E-state index in [0.29, 0.717) is 0 Å². The predicted octanol–water partition coefficient (Wildman–Crippen LogP) is 1.76. The summed E-state index contributed by atoms with van der Waals surface area (Å²) in [6.07, 6.45) is 2.52. The van der Waals surface area contributed by atoms with E-state index in [0.717, 1.165) is 5.75 Å². The van der Waals surface area contributed by atoms with Crippen molar-refractivity contribution in [1.82, 2.24) is 0 Å². The van der Waals surface area contributed by atoms with Crippen molar-refractivity contribution in [3.05, 3.63) is 0 Å². The van der Waals surface area contributed by atoms with Crippen molar-refractivity contribution in [2.24, 2.45) is 0 Å². The number of hydrogen-bond donors (Lipinski definition) is 0. The minimum absolute atomic E-state index is 0.0405. The van der Waals surface area contributed by atoms with Crippen molar-refractivity contribution < 1.29 is 4.79 Å². The van der Waals surface area contributed by atoms with E-state index in [-0.39, 0.29) is 9.52 Å². The molecule has 1 unspecified atom stereocenters. The van der Waals surface area contributed by atoms with Crippen LogP contribution in [-0.2, 0) is 4.79 Å². The highest BCUT2D eigenvalue weighted by Gasteiger charge is 2.03. The Bertz CT molecular complexity index is 118. The van der Waals surface area contributed by atoms with E-state index in [1.165, 1.54) is 18.6 Å². The number of hydrogen-bond acceptors (Lipinski definition) is 2. The molecule has 1 saturated heterocycles. The molecule has 1 atom stereocenters. The van der Waals surface area contributed by atoms with Crippen LogP contribution in [0.4, 0.5) is 0 Å². The van der Waals surface area contributed by atoms with E-state index in [1.54, 1.807) is 10.8 Å². The van der Waals surface area contributed by atoms with Gasteiger partial charge in [-0.25, -0.2) is 4.79 Å². The molecule has 1 aliphatic heterocycles. The van der Waals surface area contributed by atoms with Crippen molar-refractivity contribution in [3.63, 3.8) is 0 Å². The fraction of sp³-hybridized carbons (Fsp3) is 0.800. The molecule has 0 aromatic carbocycles. The molecule has 0 amide bonds. The van der Waals surface area contributed by atoms with E-state index in [1.807, 2.05) is 5.23 Å². The smallest absolute Gasteiger partial charge is 0.166 e. The van der Waals surface area contributed by atoms with Crippen LogP contribution in [0.3, 0.4) is 0 Å². The topological polar surface area (TPSA) is 17.1 Å². The third-order valence-electron chi connectivity index (χ3n) is 1.04. The van der Waals surface area contributed by atoms with Gasteiger partial charge in [-0.05, 0) is 22.4 Å². The van der Waals surface area contributed by atoms with Crippen molar-refractivity contribution in [3.8, 4) is 0 Å². The second-order valence-corrected chi connectivity index (χ2v) is 5.49. The molecule has 0 spiro atoms. The van der Waals surface area contributed by atoms with Gasteiger partial charge in [0.2, 0.25) is 0 Å². The normalized spacial score (nSPS) is 29.2. The average Bonchev–Trinajstić information content (AvgIpc) is 1.90. The third-order valence-corrected chi connectivity index (χ3v) is 4.69. The molecular formula is C5H8OS2. The van der Waals surface area contributed by atoms with Crippen LogP contribution in [0.15, 0.2) is 0 Å². The summed E-state index contributed by atoms with van der Waals surface area (Å²) in [5, 5.41) is 2.04. The van der Waals surface area contributed by atoms with E-state index in [2.05, 4.69) is 0 Å². The van der Waals surface area contributed by atoms with E-state index < -0.39 is 0 Å². The molecule has 0 radical (unpaired) electrons. The van der Waals surface area contributed by atoms with Gasteiger partial charge in [0.25, 0.3) is 0 Å². The van der Waals surface area contributed by atoms with E-state index >= 15 is 0 Å². The fourth-order valence-corrected chi connectivity index (χ4v) is 3.67. The Labute approximate surface area is 55.2 Å². The molecule has 0 N–H and O–H groups in total. The molecule has 1 heterocycles. The SMILES string of the molecule is O=C=S1CCCCS1. The highest BCUT2D eigenvalue weighted by molar-refractivity contribution is 8.83. The molecule has 1 fully saturated rings. The molecular weight excluding hydrogens is 140 g/mol.